The third-order valence-corrected chi connectivity index (χ3v) is 7.36. The highest BCUT2D eigenvalue weighted by Crippen LogP contribution is 2.38. The molecule has 3 aromatic carbocycles. The number of thioether (sulfide) groups is 1. The number of nitrogens with one attached hydrogen (secondary N) is 1. The number of carbonyl (C=O) groups excluding carboxylic acids is 2. The van der Waals surface area contributed by atoms with Gasteiger partial charge in [-0.1, -0.05) is 71.9 Å². The summed E-state index contributed by atoms with van der Waals surface area (Å²) in [7, 11) is 0. The number of rotatable bonds is 5. The lowest BCUT2D eigenvalue weighted by Gasteiger charge is -2.23. The highest BCUT2D eigenvalue weighted by molar-refractivity contribution is 8.15. The fraction of sp³-hybridized carbons (Fsp3) is 0.214. The van der Waals surface area contributed by atoms with Crippen LogP contribution in [0.2, 0.25) is 0 Å². The van der Waals surface area contributed by atoms with Crippen molar-refractivity contribution in [2.24, 2.45) is 10.1 Å². The molecule has 0 spiro atoms. The zero-order valence-electron chi connectivity index (χ0n) is 19.9. The number of hydrogen-bond donors (Lipinski definition) is 1. The van der Waals surface area contributed by atoms with Crippen LogP contribution < -0.4 is 5.32 Å². The standard InChI is InChI=1S/C28H25FN4O2S/c1-17-8-10-19(11-9-17)23-15-24(20-6-4-3-5-7-20)33(32-23)28-31-27(35)25(36-28)16-26(34)30-21-12-13-22(29)18(2)14-21/h3-14,24-25H,15-16H2,1-2H3,(H,30,34)/t24-,25-/m1/s1. The summed E-state index contributed by atoms with van der Waals surface area (Å²) < 4.78 is 13.5. The van der Waals surface area contributed by atoms with Gasteiger partial charge in [0.1, 0.15) is 11.1 Å². The molecule has 1 N–H and O–H groups in total. The molecule has 6 nitrogen and oxygen atoms in total. The van der Waals surface area contributed by atoms with Gasteiger partial charge in [0.05, 0.1) is 11.8 Å². The molecule has 0 radical (unpaired) electrons. The Morgan fingerprint density at radius 1 is 1.08 bits per heavy atom. The van der Waals surface area contributed by atoms with Crippen molar-refractivity contribution in [2.75, 3.05) is 5.32 Å². The number of aryl methyl sites for hydroxylation is 2. The van der Waals surface area contributed by atoms with E-state index in [-0.39, 0.29) is 30.1 Å². The lowest BCUT2D eigenvalue weighted by molar-refractivity contribution is -0.121. The monoisotopic (exact) mass is 500 g/mol. The van der Waals surface area contributed by atoms with Gasteiger partial charge in [-0.2, -0.15) is 10.1 Å². The first-order valence-electron chi connectivity index (χ1n) is 11.7. The summed E-state index contributed by atoms with van der Waals surface area (Å²) in [4.78, 5) is 29.7. The first kappa shape index (κ1) is 23.9. The molecule has 2 heterocycles. The summed E-state index contributed by atoms with van der Waals surface area (Å²) in [5, 5.41) is 9.28. The number of halogens is 1. The van der Waals surface area contributed by atoms with E-state index < -0.39 is 5.25 Å². The second kappa shape index (κ2) is 10.1. The van der Waals surface area contributed by atoms with Gasteiger partial charge < -0.3 is 5.32 Å². The van der Waals surface area contributed by atoms with Crippen molar-refractivity contribution >= 4 is 40.1 Å². The summed E-state index contributed by atoms with van der Waals surface area (Å²) >= 11 is 1.26. The average Bonchev–Trinajstić information content (AvgIpc) is 3.46. The van der Waals surface area contributed by atoms with E-state index in [1.807, 2.05) is 42.3 Å². The van der Waals surface area contributed by atoms with E-state index >= 15 is 0 Å². The molecule has 5 rings (SSSR count). The Morgan fingerprint density at radius 3 is 2.56 bits per heavy atom. The number of amides is 2. The van der Waals surface area contributed by atoms with Crippen molar-refractivity contribution in [1.82, 2.24) is 5.01 Å². The summed E-state index contributed by atoms with van der Waals surface area (Å²) in [5.74, 6) is -1.02. The van der Waals surface area contributed by atoms with Crippen LogP contribution in [0, 0.1) is 19.7 Å². The summed E-state index contributed by atoms with van der Waals surface area (Å²) in [6.07, 6.45) is 0.640. The number of anilines is 1. The van der Waals surface area contributed by atoms with E-state index in [1.54, 1.807) is 13.0 Å². The highest BCUT2D eigenvalue weighted by atomic mass is 32.2. The third-order valence-electron chi connectivity index (χ3n) is 6.22. The maximum absolute atomic E-state index is 13.5. The van der Waals surface area contributed by atoms with Crippen molar-refractivity contribution in [2.45, 2.75) is 38.0 Å². The van der Waals surface area contributed by atoms with E-state index in [9.17, 15) is 14.0 Å². The number of hydrazone groups is 1. The van der Waals surface area contributed by atoms with Crippen LogP contribution >= 0.6 is 11.8 Å². The predicted octanol–water partition coefficient (Wildman–Crippen LogP) is 5.62. The summed E-state index contributed by atoms with van der Waals surface area (Å²) in [5.41, 5.74) is 5.13. The van der Waals surface area contributed by atoms with Crippen LogP contribution in [-0.2, 0) is 9.59 Å². The number of amidine groups is 1. The van der Waals surface area contributed by atoms with E-state index in [2.05, 4.69) is 34.6 Å². The third kappa shape index (κ3) is 5.09. The molecule has 0 unspecified atom stereocenters. The Kier molecular flexibility index (Phi) is 6.69. The van der Waals surface area contributed by atoms with E-state index in [0.717, 1.165) is 16.8 Å². The number of carbonyl (C=O) groups is 2. The first-order chi connectivity index (χ1) is 17.4. The lowest BCUT2D eigenvalue weighted by atomic mass is 9.98. The molecule has 0 aliphatic carbocycles. The van der Waals surface area contributed by atoms with Crippen LogP contribution in [0.1, 0.15) is 41.1 Å². The molecule has 0 bridgehead atoms. The second-order valence-electron chi connectivity index (χ2n) is 8.94. The summed E-state index contributed by atoms with van der Waals surface area (Å²) in [6.45, 7) is 3.67. The van der Waals surface area contributed by atoms with Crippen LogP contribution in [0.3, 0.4) is 0 Å². The molecule has 36 heavy (non-hydrogen) atoms. The number of benzene rings is 3. The van der Waals surface area contributed by atoms with Crippen LogP contribution in [0.5, 0.6) is 0 Å². The molecule has 0 aromatic heterocycles. The van der Waals surface area contributed by atoms with Crippen LogP contribution in [-0.4, -0.2) is 33.0 Å². The summed E-state index contributed by atoms with van der Waals surface area (Å²) in [6, 6.07) is 22.5. The molecular formula is C28H25FN4O2S. The molecule has 2 aliphatic rings. The normalized spacial score (nSPS) is 19.3. The van der Waals surface area contributed by atoms with Gasteiger partial charge in [-0.05, 0) is 48.7 Å². The van der Waals surface area contributed by atoms with E-state index in [4.69, 9.17) is 5.10 Å². The minimum atomic E-state index is -0.642. The van der Waals surface area contributed by atoms with Gasteiger partial charge in [0, 0.05) is 18.5 Å². The average molecular weight is 501 g/mol. The van der Waals surface area contributed by atoms with Gasteiger partial charge in [0.25, 0.3) is 5.91 Å². The van der Waals surface area contributed by atoms with Crippen LogP contribution in [0.4, 0.5) is 10.1 Å². The SMILES string of the molecule is Cc1ccc(C2=NN(C3=NC(=O)[C@@H](CC(=O)Nc4ccc(F)c(C)c4)S3)[C@@H](c3ccccc3)C2)cc1. The minimum Gasteiger partial charge on any atom is -0.326 e. The Labute approximate surface area is 213 Å². The van der Waals surface area contributed by atoms with Crippen molar-refractivity contribution in [1.29, 1.82) is 0 Å². The van der Waals surface area contributed by atoms with Gasteiger partial charge in [0.2, 0.25) is 5.91 Å². The fourth-order valence-corrected chi connectivity index (χ4v) is 5.31. The van der Waals surface area contributed by atoms with Crippen molar-refractivity contribution < 1.29 is 14.0 Å². The first-order valence-corrected chi connectivity index (χ1v) is 12.6. The van der Waals surface area contributed by atoms with Crippen molar-refractivity contribution in [3.8, 4) is 0 Å². The van der Waals surface area contributed by atoms with E-state index in [0.29, 0.717) is 22.8 Å². The molecule has 0 saturated carbocycles. The zero-order valence-corrected chi connectivity index (χ0v) is 20.8. The quantitative estimate of drug-likeness (QED) is 0.493. The van der Waals surface area contributed by atoms with Gasteiger partial charge in [-0.15, -0.1) is 0 Å². The largest absolute Gasteiger partial charge is 0.326 e. The van der Waals surface area contributed by atoms with Crippen molar-refractivity contribution in [3.63, 3.8) is 0 Å². The van der Waals surface area contributed by atoms with Crippen molar-refractivity contribution in [3.05, 3.63) is 101 Å². The molecule has 182 valence electrons. The molecule has 2 aliphatic heterocycles. The number of nitrogens with zero attached hydrogens (tertiary/aromatic N) is 3. The van der Waals surface area contributed by atoms with Gasteiger partial charge in [-0.3, -0.25) is 9.59 Å². The molecule has 2 amide bonds. The Balaban J connectivity index is 1.33. The van der Waals surface area contributed by atoms with Crippen LogP contribution in [0.25, 0.3) is 0 Å². The number of aliphatic imine (C=N–C) groups is 1. The second-order valence-corrected chi connectivity index (χ2v) is 10.1. The zero-order chi connectivity index (χ0) is 25.2. The predicted molar refractivity (Wildman–Crippen MR) is 142 cm³/mol. The smallest absolute Gasteiger partial charge is 0.262 e. The molecule has 2 atom stereocenters. The lowest BCUT2D eigenvalue weighted by Crippen LogP contribution is -2.25. The van der Waals surface area contributed by atoms with E-state index in [1.165, 1.54) is 29.5 Å². The topological polar surface area (TPSA) is 74.1 Å². The Morgan fingerprint density at radius 2 is 1.83 bits per heavy atom. The van der Waals surface area contributed by atoms with Gasteiger partial charge in [-0.25, -0.2) is 9.40 Å². The molecule has 3 aromatic rings. The molecular weight excluding hydrogens is 475 g/mol. The molecule has 0 saturated heterocycles. The van der Waals surface area contributed by atoms with Crippen LogP contribution in [0.15, 0.2) is 82.9 Å². The fourth-order valence-electron chi connectivity index (χ4n) is 4.25. The molecule has 8 heteroatoms. The minimum absolute atomic E-state index is 0.0364. The maximum atomic E-state index is 13.5. The van der Waals surface area contributed by atoms with Gasteiger partial charge >= 0.3 is 0 Å². The Bertz CT molecular complexity index is 1370. The maximum Gasteiger partial charge on any atom is 0.262 e. The number of hydrogen-bond acceptors (Lipinski definition) is 5. The Hall–Kier alpha value is -3.78. The highest BCUT2D eigenvalue weighted by Gasteiger charge is 2.39. The van der Waals surface area contributed by atoms with Gasteiger partial charge in [0.15, 0.2) is 5.17 Å². The molecule has 0 fully saturated rings.